The molecule has 1 aliphatic heterocycles. The molecule has 0 bridgehead atoms. The smallest absolute Gasteiger partial charge is 0.191 e. The van der Waals surface area contributed by atoms with Gasteiger partial charge in [-0.3, -0.25) is 4.40 Å². The molecule has 4 heterocycles. The second kappa shape index (κ2) is 11.9. The van der Waals surface area contributed by atoms with Crippen LogP contribution in [0.1, 0.15) is 37.8 Å². The fourth-order valence-electron chi connectivity index (χ4n) is 3.54. The van der Waals surface area contributed by atoms with Gasteiger partial charge in [-0.1, -0.05) is 13.0 Å². The van der Waals surface area contributed by atoms with E-state index in [1.807, 2.05) is 28.8 Å². The van der Waals surface area contributed by atoms with Gasteiger partial charge >= 0.3 is 0 Å². The van der Waals surface area contributed by atoms with E-state index in [2.05, 4.69) is 42.5 Å². The highest BCUT2D eigenvalue weighted by Gasteiger charge is 2.14. The van der Waals surface area contributed by atoms with Gasteiger partial charge in [0.15, 0.2) is 17.4 Å². The molecule has 0 aromatic carbocycles. The van der Waals surface area contributed by atoms with Gasteiger partial charge in [-0.05, 0) is 31.4 Å². The second-order valence-electron chi connectivity index (χ2n) is 7.30. The third-order valence-corrected chi connectivity index (χ3v) is 5.19. The Kier molecular flexibility index (Phi) is 9.00. The molecule has 31 heavy (non-hydrogen) atoms. The van der Waals surface area contributed by atoms with Crippen LogP contribution in [-0.2, 0) is 24.2 Å². The standard InChI is InChI=1S/C20H29N9O.HI/c1-2-17-25-24-15-28(17)11-9-21-20(22-13-16-7-4-6-12-30-16)23-14-19-27-26-18-8-3-5-10-29(18)19;/h3,5,8,10,15-16H,2,4,6-7,9,11-14H2,1H3,(H2,21,22,23);1H. The lowest BCUT2D eigenvalue weighted by molar-refractivity contribution is 0.0194. The molecule has 3 aromatic rings. The van der Waals surface area contributed by atoms with E-state index in [4.69, 9.17) is 9.73 Å². The zero-order valence-electron chi connectivity index (χ0n) is 17.8. The molecule has 11 heteroatoms. The van der Waals surface area contributed by atoms with Crippen LogP contribution in [-0.4, -0.2) is 61.1 Å². The lowest BCUT2D eigenvalue weighted by atomic mass is 10.1. The minimum absolute atomic E-state index is 0. The van der Waals surface area contributed by atoms with E-state index in [9.17, 15) is 0 Å². The van der Waals surface area contributed by atoms with Crippen LogP contribution in [0, 0.1) is 0 Å². The number of rotatable bonds is 8. The molecule has 1 unspecified atom stereocenters. The molecule has 1 saturated heterocycles. The van der Waals surface area contributed by atoms with Crippen LogP contribution in [0.2, 0.25) is 0 Å². The van der Waals surface area contributed by atoms with E-state index >= 15 is 0 Å². The van der Waals surface area contributed by atoms with Crippen molar-refractivity contribution in [2.45, 2.75) is 51.8 Å². The van der Waals surface area contributed by atoms with Crippen molar-refractivity contribution in [3.05, 3.63) is 42.4 Å². The van der Waals surface area contributed by atoms with E-state index in [1.165, 1.54) is 6.42 Å². The van der Waals surface area contributed by atoms with Crippen LogP contribution in [0.15, 0.2) is 35.7 Å². The second-order valence-corrected chi connectivity index (χ2v) is 7.30. The van der Waals surface area contributed by atoms with Crippen LogP contribution >= 0.6 is 24.0 Å². The maximum atomic E-state index is 5.84. The number of hydrogen-bond donors (Lipinski definition) is 2. The largest absolute Gasteiger partial charge is 0.376 e. The van der Waals surface area contributed by atoms with Gasteiger partial charge in [0.25, 0.3) is 0 Å². The van der Waals surface area contributed by atoms with Gasteiger partial charge in [0.05, 0.1) is 6.10 Å². The molecule has 0 radical (unpaired) electrons. The number of nitrogens with one attached hydrogen (secondary N) is 2. The first-order valence-electron chi connectivity index (χ1n) is 10.6. The van der Waals surface area contributed by atoms with Gasteiger partial charge < -0.3 is 19.9 Å². The van der Waals surface area contributed by atoms with Crippen molar-refractivity contribution in [1.29, 1.82) is 0 Å². The predicted octanol–water partition coefficient (Wildman–Crippen LogP) is 1.81. The summed E-state index contributed by atoms with van der Waals surface area (Å²) < 4.78 is 9.85. The van der Waals surface area contributed by atoms with Crippen LogP contribution in [0.25, 0.3) is 5.65 Å². The SMILES string of the molecule is CCc1nncn1CCNC(=NCc1nnc2ccccn12)NCC1CCCCO1.I. The number of pyridine rings is 1. The van der Waals surface area contributed by atoms with Gasteiger partial charge in [0.1, 0.15) is 18.7 Å². The Morgan fingerprint density at radius 1 is 1.19 bits per heavy atom. The topological polar surface area (TPSA) is 107 Å². The van der Waals surface area contributed by atoms with Crippen molar-refractivity contribution < 1.29 is 4.74 Å². The Balaban J connectivity index is 0.00000272. The molecular formula is C20H30IN9O. The van der Waals surface area contributed by atoms with Gasteiger partial charge in [-0.15, -0.1) is 44.4 Å². The molecule has 0 spiro atoms. The number of nitrogens with zero attached hydrogens (tertiary/aromatic N) is 7. The summed E-state index contributed by atoms with van der Waals surface area (Å²) in [6.07, 6.45) is 8.25. The monoisotopic (exact) mass is 539 g/mol. The van der Waals surface area contributed by atoms with E-state index in [-0.39, 0.29) is 30.1 Å². The minimum atomic E-state index is 0. The van der Waals surface area contributed by atoms with Crippen molar-refractivity contribution in [2.24, 2.45) is 4.99 Å². The summed E-state index contributed by atoms with van der Waals surface area (Å²) >= 11 is 0. The van der Waals surface area contributed by atoms with Crippen LogP contribution in [0.5, 0.6) is 0 Å². The highest BCUT2D eigenvalue weighted by Crippen LogP contribution is 2.11. The number of ether oxygens (including phenoxy) is 1. The lowest BCUT2D eigenvalue weighted by Crippen LogP contribution is -2.43. The van der Waals surface area contributed by atoms with Gasteiger partial charge in [0.2, 0.25) is 0 Å². The number of guanidine groups is 1. The van der Waals surface area contributed by atoms with Crippen molar-refractivity contribution in [3.63, 3.8) is 0 Å². The molecule has 1 atom stereocenters. The Labute approximate surface area is 198 Å². The third kappa shape index (κ3) is 6.35. The minimum Gasteiger partial charge on any atom is -0.376 e. The average Bonchev–Trinajstić information content (AvgIpc) is 3.42. The van der Waals surface area contributed by atoms with E-state index in [1.54, 1.807) is 6.33 Å². The molecular weight excluding hydrogens is 509 g/mol. The van der Waals surface area contributed by atoms with Crippen LogP contribution in [0.3, 0.4) is 0 Å². The highest BCUT2D eigenvalue weighted by molar-refractivity contribution is 14.0. The first-order valence-corrected chi connectivity index (χ1v) is 10.6. The summed E-state index contributed by atoms with van der Waals surface area (Å²) in [5, 5.41) is 23.4. The molecule has 10 nitrogen and oxygen atoms in total. The highest BCUT2D eigenvalue weighted by atomic mass is 127. The van der Waals surface area contributed by atoms with Gasteiger partial charge in [-0.25, -0.2) is 4.99 Å². The first-order chi connectivity index (χ1) is 14.8. The maximum absolute atomic E-state index is 5.84. The van der Waals surface area contributed by atoms with Gasteiger partial charge in [0, 0.05) is 38.9 Å². The zero-order chi connectivity index (χ0) is 20.6. The molecule has 3 aromatic heterocycles. The van der Waals surface area contributed by atoms with Gasteiger partial charge in [-0.2, -0.15) is 0 Å². The van der Waals surface area contributed by atoms with Crippen molar-refractivity contribution in [3.8, 4) is 0 Å². The summed E-state index contributed by atoms with van der Waals surface area (Å²) in [6.45, 7) is 5.56. The van der Waals surface area contributed by atoms with Crippen molar-refractivity contribution in [1.82, 2.24) is 40.0 Å². The lowest BCUT2D eigenvalue weighted by Gasteiger charge is -2.24. The number of halogens is 1. The normalized spacial score (nSPS) is 16.8. The summed E-state index contributed by atoms with van der Waals surface area (Å²) in [7, 11) is 0. The van der Waals surface area contributed by atoms with E-state index < -0.39 is 0 Å². The molecule has 0 aliphatic carbocycles. The summed E-state index contributed by atoms with van der Waals surface area (Å²) in [5.74, 6) is 2.52. The molecule has 1 fully saturated rings. The molecule has 0 amide bonds. The first kappa shape index (κ1) is 23.4. The molecule has 168 valence electrons. The molecule has 4 rings (SSSR count). The Morgan fingerprint density at radius 3 is 2.97 bits per heavy atom. The van der Waals surface area contributed by atoms with Crippen molar-refractivity contribution >= 4 is 35.6 Å². The fourth-order valence-corrected chi connectivity index (χ4v) is 3.54. The quantitative estimate of drug-likeness (QED) is 0.256. The van der Waals surface area contributed by atoms with Crippen LogP contribution < -0.4 is 10.6 Å². The number of aromatic nitrogens is 6. The summed E-state index contributed by atoms with van der Waals surface area (Å²) in [5.41, 5.74) is 0.820. The Hall–Kier alpha value is -2.28. The van der Waals surface area contributed by atoms with E-state index in [0.717, 1.165) is 62.2 Å². The summed E-state index contributed by atoms with van der Waals surface area (Å²) in [4.78, 5) is 4.74. The van der Waals surface area contributed by atoms with Crippen LogP contribution in [0.4, 0.5) is 0 Å². The number of hydrogen-bond acceptors (Lipinski definition) is 6. The Morgan fingerprint density at radius 2 is 2.13 bits per heavy atom. The Bertz CT molecular complexity index is 964. The third-order valence-electron chi connectivity index (χ3n) is 5.19. The molecule has 0 saturated carbocycles. The average molecular weight is 539 g/mol. The van der Waals surface area contributed by atoms with E-state index in [0.29, 0.717) is 13.1 Å². The molecule has 1 aliphatic rings. The fraction of sp³-hybridized carbons (Fsp3) is 0.550. The maximum Gasteiger partial charge on any atom is 0.191 e. The van der Waals surface area contributed by atoms with Crippen molar-refractivity contribution in [2.75, 3.05) is 19.7 Å². The number of aryl methyl sites for hydroxylation is 1. The zero-order valence-corrected chi connectivity index (χ0v) is 20.1. The number of aliphatic imine (C=N–C) groups is 1. The number of fused-ring (bicyclic) bond motifs is 1. The molecule has 2 N–H and O–H groups in total. The summed E-state index contributed by atoms with van der Waals surface area (Å²) in [6, 6.07) is 5.85. The predicted molar refractivity (Wildman–Crippen MR) is 129 cm³/mol.